The molecule has 0 N–H and O–H groups in total. The van der Waals surface area contributed by atoms with E-state index in [0.29, 0.717) is 22.9 Å². The SMILES string of the molecule is Cc1c(Cl)nc2ncnn2c1N(CC(C)C)C1CC1. The highest BCUT2D eigenvalue weighted by Gasteiger charge is 2.32. The lowest BCUT2D eigenvalue weighted by Crippen LogP contribution is -2.32. The van der Waals surface area contributed by atoms with Crippen molar-refractivity contribution in [3.05, 3.63) is 17.0 Å². The van der Waals surface area contributed by atoms with Gasteiger partial charge in [-0.2, -0.15) is 19.6 Å². The van der Waals surface area contributed by atoms with Gasteiger partial charge in [0.25, 0.3) is 5.78 Å². The second kappa shape index (κ2) is 4.63. The maximum Gasteiger partial charge on any atom is 0.255 e. The van der Waals surface area contributed by atoms with E-state index < -0.39 is 0 Å². The Morgan fingerprint density at radius 1 is 1.47 bits per heavy atom. The summed E-state index contributed by atoms with van der Waals surface area (Å²) >= 11 is 6.24. The number of halogens is 1. The van der Waals surface area contributed by atoms with Gasteiger partial charge >= 0.3 is 0 Å². The zero-order valence-electron chi connectivity index (χ0n) is 11.5. The van der Waals surface area contributed by atoms with Crippen molar-refractivity contribution in [2.75, 3.05) is 11.4 Å². The summed E-state index contributed by atoms with van der Waals surface area (Å²) in [4.78, 5) is 10.8. The molecule has 0 bridgehead atoms. The topological polar surface area (TPSA) is 46.3 Å². The number of rotatable bonds is 4. The van der Waals surface area contributed by atoms with Gasteiger partial charge in [0, 0.05) is 18.2 Å². The molecule has 0 saturated heterocycles. The maximum absolute atomic E-state index is 6.24. The number of aromatic nitrogens is 4. The molecule has 1 aliphatic rings. The second-order valence-electron chi connectivity index (χ2n) is 5.60. The Morgan fingerprint density at radius 3 is 2.84 bits per heavy atom. The lowest BCUT2D eigenvalue weighted by atomic mass is 10.2. The van der Waals surface area contributed by atoms with E-state index in [0.717, 1.165) is 17.9 Å². The summed E-state index contributed by atoms with van der Waals surface area (Å²) in [6.07, 6.45) is 4.01. The lowest BCUT2D eigenvalue weighted by Gasteiger charge is -2.28. The van der Waals surface area contributed by atoms with Gasteiger partial charge in [0.15, 0.2) is 0 Å². The minimum atomic E-state index is 0.518. The molecule has 5 nitrogen and oxygen atoms in total. The second-order valence-corrected chi connectivity index (χ2v) is 5.96. The van der Waals surface area contributed by atoms with Crippen molar-refractivity contribution >= 4 is 23.2 Å². The fraction of sp³-hybridized carbons (Fsp3) is 0.615. The van der Waals surface area contributed by atoms with Gasteiger partial charge in [0.1, 0.15) is 17.3 Å². The summed E-state index contributed by atoms with van der Waals surface area (Å²) in [5, 5.41) is 4.82. The molecule has 0 amide bonds. The van der Waals surface area contributed by atoms with Gasteiger partial charge in [-0.3, -0.25) is 0 Å². The first-order chi connectivity index (χ1) is 9.08. The van der Waals surface area contributed by atoms with Crippen LogP contribution in [0.15, 0.2) is 6.33 Å². The van der Waals surface area contributed by atoms with Crippen LogP contribution in [0.1, 0.15) is 32.3 Å². The molecule has 102 valence electrons. The first-order valence-corrected chi connectivity index (χ1v) is 7.08. The van der Waals surface area contributed by atoms with Crippen LogP contribution in [0.2, 0.25) is 5.15 Å². The van der Waals surface area contributed by atoms with Crippen LogP contribution < -0.4 is 4.90 Å². The average Bonchev–Trinajstić information content (AvgIpc) is 3.09. The molecular weight excluding hydrogens is 262 g/mol. The Bertz CT molecular complexity index is 602. The number of anilines is 1. The molecule has 0 aromatic carbocycles. The van der Waals surface area contributed by atoms with E-state index in [1.165, 1.54) is 19.2 Å². The highest BCUT2D eigenvalue weighted by atomic mass is 35.5. The summed E-state index contributed by atoms with van der Waals surface area (Å²) in [5.74, 6) is 2.20. The minimum Gasteiger partial charge on any atom is -0.353 e. The summed E-state index contributed by atoms with van der Waals surface area (Å²) in [7, 11) is 0. The molecule has 2 heterocycles. The number of hydrogen-bond donors (Lipinski definition) is 0. The van der Waals surface area contributed by atoms with Crippen LogP contribution in [0.3, 0.4) is 0 Å². The highest BCUT2D eigenvalue weighted by Crippen LogP contribution is 2.35. The molecule has 0 spiro atoms. The van der Waals surface area contributed by atoms with Crippen molar-refractivity contribution in [2.45, 2.75) is 39.7 Å². The number of hydrogen-bond acceptors (Lipinski definition) is 4. The van der Waals surface area contributed by atoms with Crippen LogP contribution in [0, 0.1) is 12.8 Å². The van der Waals surface area contributed by atoms with Crippen LogP contribution in [0.5, 0.6) is 0 Å². The van der Waals surface area contributed by atoms with E-state index in [-0.39, 0.29) is 0 Å². The van der Waals surface area contributed by atoms with Crippen LogP contribution in [0.4, 0.5) is 5.82 Å². The molecule has 2 aromatic rings. The van der Waals surface area contributed by atoms with Crippen molar-refractivity contribution in [1.82, 2.24) is 19.6 Å². The zero-order chi connectivity index (χ0) is 13.6. The molecule has 0 atom stereocenters. The largest absolute Gasteiger partial charge is 0.353 e. The minimum absolute atomic E-state index is 0.518. The molecule has 19 heavy (non-hydrogen) atoms. The van der Waals surface area contributed by atoms with Crippen molar-refractivity contribution in [2.24, 2.45) is 5.92 Å². The van der Waals surface area contributed by atoms with Gasteiger partial charge in [0.2, 0.25) is 0 Å². The molecule has 6 heteroatoms. The van der Waals surface area contributed by atoms with Crippen molar-refractivity contribution in [3.8, 4) is 0 Å². The van der Waals surface area contributed by atoms with Gasteiger partial charge in [-0.1, -0.05) is 25.4 Å². The zero-order valence-corrected chi connectivity index (χ0v) is 12.2. The van der Waals surface area contributed by atoms with Crippen LogP contribution in [0.25, 0.3) is 5.78 Å². The van der Waals surface area contributed by atoms with Gasteiger partial charge in [-0.15, -0.1) is 0 Å². The molecule has 1 saturated carbocycles. The molecule has 0 unspecified atom stereocenters. The van der Waals surface area contributed by atoms with E-state index in [9.17, 15) is 0 Å². The maximum atomic E-state index is 6.24. The summed E-state index contributed by atoms with van der Waals surface area (Å²) in [6, 6.07) is 0.604. The Hall–Kier alpha value is -1.36. The van der Waals surface area contributed by atoms with Crippen LogP contribution >= 0.6 is 11.6 Å². The Labute approximate surface area is 117 Å². The summed E-state index contributed by atoms with van der Waals surface area (Å²) < 4.78 is 1.81. The van der Waals surface area contributed by atoms with Crippen molar-refractivity contribution in [1.29, 1.82) is 0 Å². The molecule has 1 fully saturated rings. The third-order valence-electron chi connectivity index (χ3n) is 3.39. The Morgan fingerprint density at radius 2 is 2.21 bits per heavy atom. The van der Waals surface area contributed by atoms with Gasteiger partial charge in [-0.25, -0.2) is 0 Å². The van der Waals surface area contributed by atoms with E-state index in [1.54, 1.807) is 0 Å². The van der Waals surface area contributed by atoms with E-state index in [2.05, 4.69) is 33.8 Å². The van der Waals surface area contributed by atoms with Gasteiger partial charge < -0.3 is 4.90 Å². The molecular formula is C13H18ClN5. The standard InChI is InChI=1S/C13H18ClN5/c1-8(2)6-18(10-4-5-10)12-9(3)11(14)17-13-15-7-16-19(12)13/h7-8,10H,4-6H2,1-3H3. The quantitative estimate of drug-likeness (QED) is 0.808. The Kier molecular flexibility index (Phi) is 3.09. The molecule has 1 aliphatic carbocycles. The molecule has 3 rings (SSSR count). The van der Waals surface area contributed by atoms with Crippen LogP contribution in [-0.4, -0.2) is 32.2 Å². The number of nitrogens with zero attached hydrogens (tertiary/aromatic N) is 5. The third kappa shape index (κ3) is 2.27. The Balaban J connectivity index is 2.15. The monoisotopic (exact) mass is 279 g/mol. The predicted molar refractivity (Wildman–Crippen MR) is 75.7 cm³/mol. The average molecular weight is 280 g/mol. The number of fused-ring (bicyclic) bond motifs is 1. The summed E-state index contributed by atoms with van der Waals surface area (Å²) in [6.45, 7) is 7.46. The van der Waals surface area contributed by atoms with Crippen LogP contribution in [-0.2, 0) is 0 Å². The molecule has 2 aromatic heterocycles. The predicted octanol–water partition coefficient (Wildman–Crippen LogP) is 2.71. The van der Waals surface area contributed by atoms with E-state index >= 15 is 0 Å². The molecule has 0 aliphatic heterocycles. The van der Waals surface area contributed by atoms with E-state index in [4.69, 9.17) is 11.6 Å². The van der Waals surface area contributed by atoms with Gasteiger partial charge in [-0.05, 0) is 25.7 Å². The first kappa shape index (κ1) is 12.7. The first-order valence-electron chi connectivity index (χ1n) is 6.70. The highest BCUT2D eigenvalue weighted by molar-refractivity contribution is 6.30. The summed E-state index contributed by atoms with van der Waals surface area (Å²) in [5.41, 5.74) is 0.979. The van der Waals surface area contributed by atoms with E-state index in [1.807, 2.05) is 11.4 Å². The third-order valence-corrected chi connectivity index (χ3v) is 3.76. The molecule has 0 radical (unpaired) electrons. The van der Waals surface area contributed by atoms with Gasteiger partial charge in [0.05, 0.1) is 0 Å². The fourth-order valence-electron chi connectivity index (χ4n) is 2.41. The lowest BCUT2D eigenvalue weighted by molar-refractivity contribution is 0.595. The fourth-order valence-corrected chi connectivity index (χ4v) is 2.57. The smallest absolute Gasteiger partial charge is 0.255 e. The normalized spacial score (nSPS) is 15.4. The van der Waals surface area contributed by atoms with Crippen molar-refractivity contribution in [3.63, 3.8) is 0 Å². The van der Waals surface area contributed by atoms with Crippen molar-refractivity contribution < 1.29 is 0 Å².